The van der Waals surface area contributed by atoms with Crippen molar-refractivity contribution in [1.82, 2.24) is 4.98 Å². The summed E-state index contributed by atoms with van der Waals surface area (Å²) in [5.41, 5.74) is 2.98. The highest BCUT2D eigenvalue weighted by molar-refractivity contribution is 7.98. The van der Waals surface area contributed by atoms with Crippen LogP contribution in [0.2, 0.25) is 0 Å². The second kappa shape index (κ2) is 7.72. The molecule has 1 heterocycles. The minimum absolute atomic E-state index is 1.16. The number of hydrogen-bond donors (Lipinski definition) is 0. The summed E-state index contributed by atoms with van der Waals surface area (Å²) in [6.07, 6.45) is 11.7. The molecule has 1 aromatic heterocycles. The average Bonchev–Trinajstić information content (AvgIpc) is 2.31. The fraction of sp³-hybridized carbons (Fsp3) is 0.643. The summed E-state index contributed by atoms with van der Waals surface area (Å²) >= 11 is 1.73. The van der Waals surface area contributed by atoms with E-state index in [1.165, 1.54) is 49.7 Å². The van der Waals surface area contributed by atoms with Crippen LogP contribution in [0, 0.1) is 0 Å². The third-order valence-corrected chi connectivity index (χ3v) is 3.48. The Kier molecular flexibility index (Phi) is 6.55. The molecule has 0 amide bonds. The van der Waals surface area contributed by atoms with Gasteiger partial charge in [-0.1, -0.05) is 33.1 Å². The van der Waals surface area contributed by atoms with Gasteiger partial charge in [0.05, 0.1) is 5.03 Å². The molecule has 0 fully saturated rings. The van der Waals surface area contributed by atoms with Crippen molar-refractivity contribution in [3.8, 4) is 0 Å². The smallest absolute Gasteiger partial charge is 0.0960 e. The number of aromatic nitrogens is 1. The number of rotatable bonds is 7. The molecule has 0 atom stereocenters. The van der Waals surface area contributed by atoms with E-state index in [1.54, 1.807) is 11.8 Å². The molecule has 0 bridgehead atoms. The summed E-state index contributed by atoms with van der Waals surface area (Å²) in [7, 11) is 0. The maximum Gasteiger partial charge on any atom is 0.0960 e. The van der Waals surface area contributed by atoms with Crippen LogP contribution in [0.25, 0.3) is 0 Å². The maximum absolute atomic E-state index is 4.48. The molecule has 0 aromatic carbocycles. The third kappa shape index (κ3) is 4.17. The second-order valence-corrected chi connectivity index (χ2v) is 5.03. The number of unbranched alkanes of at least 4 members (excludes halogenated alkanes) is 2. The van der Waals surface area contributed by atoms with Crippen molar-refractivity contribution in [3.63, 3.8) is 0 Å². The van der Waals surface area contributed by atoms with Crippen molar-refractivity contribution >= 4 is 11.8 Å². The monoisotopic (exact) mass is 237 g/mol. The van der Waals surface area contributed by atoms with Crippen LogP contribution in [-0.4, -0.2) is 11.2 Å². The Morgan fingerprint density at radius 3 is 2.50 bits per heavy atom. The second-order valence-electron chi connectivity index (χ2n) is 4.20. The molecular formula is C14H23NS. The summed E-state index contributed by atoms with van der Waals surface area (Å²) in [6.45, 7) is 4.50. The Morgan fingerprint density at radius 2 is 1.88 bits per heavy atom. The molecule has 0 aliphatic rings. The number of hydrogen-bond acceptors (Lipinski definition) is 2. The van der Waals surface area contributed by atoms with Crippen LogP contribution in [0.4, 0.5) is 0 Å². The van der Waals surface area contributed by atoms with Gasteiger partial charge >= 0.3 is 0 Å². The zero-order chi connectivity index (χ0) is 11.8. The van der Waals surface area contributed by atoms with Crippen LogP contribution >= 0.6 is 11.8 Å². The van der Waals surface area contributed by atoms with Crippen LogP contribution in [0.1, 0.15) is 50.7 Å². The van der Waals surface area contributed by atoms with Gasteiger partial charge in [0.1, 0.15) is 0 Å². The van der Waals surface area contributed by atoms with Gasteiger partial charge in [-0.2, -0.15) is 0 Å². The van der Waals surface area contributed by atoms with E-state index in [2.05, 4.69) is 37.4 Å². The largest absolute Gasteiger partial charge is 0.250 e. The minimum atomic E-state index is 1.16. The van der Waals surface area contributed by atoms with Crippen molar-refractivity contribution < 1.29 is 0 Å². The summed E-state index contributed by atoms with van der Waals surface area (Å²) < 4.78 is 0. The van der Waals surface area contributed by atoms with E-state index in [-0.39, 0.29) is 0 Å². The predicted octanol–water partition coefficient (Wildman–Crippen LogP) is 4.49. The molecule has 0 N–H and O–H groups in total. The van der Waals surface area contributed by atoms with Crippen molar-refractivity contribution in [2.45, 2.75) is 57.4 Å². The first-order valence-electron chi connectivity index (χ1n) is 6.33. The molecule has 0 saturated carbocycles. The van der Waals surface area contributed by atoms with Gasteiger partial charge in [-0.05, 0) is 42.7 Å². The molecule has 0 aliphatic carbocycles. The van der Waals surface area contributed by atoms with Gasteiger partial charge in [-0.25, -0.2) is 4.98 Å². The lowest BCUT2D eigenvalue weighted by Gasteiger charge is -2.09. The van der Waals surface area contributed by atoms with E-state index in [0.717, 1.165) is 5.03 Å². The molecule has 16 heavy (non-hydrogen) atoms. The lowest BCUT2D eigenvalue weighted by Crippen LogP contribution is -1.97. The molecule has 1 nitrogen and oxygen atoms in total. The predicted molar refractivity (Wildman–Crippen MR) is 73.2 cm³/mol. The third-order valence-electron chi connectivity index (χ3n) is 2.84. The summed E-state index contributed by atoms with van der Waals surface area (Å²) in [5, 5.41) is 1.16. The number of nitrogens with zero attached hydrogens (tertiary/aromatic N) is 1. The highest BCUT2D eigenvalue weighted by Crippen LogP contribution is 2.19. The lowest BCUT2D eigenvalue weighted by atomic mass is 10.0. The molecule has 0 radical (unpaired) electrons. The normalized spacial score (nSPS) is 10.7. The van der Waals surface area contributed by atoms with E-state index >= 15 is 0 Å². The van der Waals surface area contributed by atoms with Gasteiger partial charge in [0.2, 0.25) is 0 Å². The molecule has 90 valence electrons. The Bertz CT molecular complexity index is 310. The van der Waals surface area contributed by atoms with Crippen LogP contribution in [0.3, 0.4) is 0 Å². The number of pyridine rings is 1. The Hall–Kier alpha value is -0.500. The highest BCUT2D eigenvalue weighted by Gasteiger charge is 2.04. The zero-order valence-electron chi connectivity index (χ0n) is 10.8. The standard InChI is InChI=1S/C14H23NS/c1-4-6-7-9-13-11-15-14(16-3)10-12(13)8-5-2/h10-11H,4-9H2,1-3H3. The van der Waals surface area contributed by atoms with Crippen LogP contribution in [0.5, 0.6) is 0 Å². The van der Waals surface area contributed by atoms with Crippen LogP contribution in [-0.2, 0) is 12.8 Å². The zero-order valence-corrected chi connectivity index (χ0v) is 11.6. The minimum Gasteiger partial charge on any atom is -0.250 e. The van der Waals surface area contributed by atoms with Crippen molar-refractivity contribution in [3.05, 3.63) is 23.4 Å². The Morgan fingerprint density at radius 1 is 1.06 bits per heavy atom. The molecule has 1 aromatic rings. The van der Waals surface area contributed by atoms with E-state index < -0.39 is 0 Å². The molecule has 0 unspecified atom stereocenters. The van der Waals surface area contributed by atoms with E-state index in [0.29, 0.717) is 0 Å². The maximum atomic E-state index is 4.48. The summed E-state index contributed by atoms with van der Waals surface area (Å²) in [6, 6.07) is 2.27. The quantitative estimate of drug-likeness (QED) is 0.512. The van der Waals surface area contributed by atoms with Gasteiger partial charge in [0.15, 0.2) is 0 Å². The summed E-state index contributed by atoms with van der Waals surface area (Å²) in [4.78, 5) is 4.48. The fourth-order valence-electron chi connectivity index (χ4n) is 1.91. The first-order valence-corrected chi connectivity index (χ1v) is 7.56. The average molecular weight is 237 g/mol. The SMILES string of the molecule is CCCCCc1cnc(SC)cc1CCC. The van der Waals surface area contributed by atoms with Crippen LogP contribution in [0.15, 0.2) is 17.3 Å². The highest BCUT2D eigenvalue weighted by atomic mass is 32.2. The Balaban J connectivity index is 2.72. The molecule has 1 rings (SSSR count). The molecule has 0 aliphatic heterocycles. The van der Waals surface area contributed by atoms with Crippen molar-refractivity contribution in [2.75, 3.05) is 6.26 Å². The first kappa shape index (κ1) is 13.6. The number of thioether (sulfide) groups is 1. The summed E-state index contributed by atoms with van der Waals surface area (Å²) in [5.74, 6) is 0. The molecule has 0 saturated heterocycles. The fourth-order valence-corrected chi connectivity index (χ4v) is 2.33. The van der Waals surface area contributed by atoms with Gasteiger partial charge in [0, 0.05) is 6.20 Å². The molecule has 0 spiro atoms. The topological polar surface area (TPSA) is 12.9 Å². The van der Waals surface area contributed by atoms with E-state index in [9.17, 15) is 0 Å². The van der Waals surface area contributed by atoms with Crippen molar-refractivity contribution in [1.29, 1.82) is 0 Å². The van der Waals surface area contributed by atoms with Gasteiger partial charge in [0.25, 0.3) is 0 Å². The van der Waals surface area contributed by atoms with E-state index in [1.807, 2.05) is 0 Å². The molecule has 2 heteroatoms. The van der Waals surface area contributed by atoms with Gasteiger partial charge < -0.3 is 0 Å². The van der Waals surface area contributed by atoms with Gasteiger partial charge in [-0.3, -0.25) is 0 Å². The van der Waals surface area contributed by atoms with Gasteiger partial charge in [-0.15, -0.1) is 11.8 Å². The molecular weight excluding hydrogens is 214 g/mol. The lowest BCUT2D eigenvalue weighted by molar-refractivity contribution is 0.708. The van der Waals surface area contributed by atoms with E-state index in [4.69, 9.17) is 0 Å². The first-order chi connectivity index (χ1) is 7.81. The Labute approximate surface area is 104 Å². The van der Waals surface area contributed by atoms with Crippen LogP contribution < -0.4 is 0 Å². The van der Waals surface area contributed by atoms with Crippen molar-refractivity contribution in [2.24, 2.45) is 0 Å². The number of aryl methyl sites for hydroxylation is 2.